The molecule has 1 nitrogen and oxygen atoms in total. The highest BCUT2D eigenvalue weighted by Crippen LogP contribution is 2.24. The maximum atomic E-state index is 14.5. The number of benzene rings is 3. The highest BCUT2D eigenvalue weighted by Gasteiger charge is 2.12. The fraction of sp³-hybridized carbons (Fsp3) is 0.0800. The van der Waals surface area contributed by atoms with Crippen LogP contribution in [0.5, 0.6) is 0 Å². The Hall–Kier alpha value is -3.65. The average Bonchev–Trinajstić information content (AvgIpc) is 2.75. The fourth-order valence-corrected chi connectivity index (χ4v) is 3.12. The minimum absolute atomic E-state index is 0.115. The zero-order valence-electron chi connectivity index (χ0n) is 15.9. The van der Waals surface area contributed by atoms with E-state index in [9.17, 15) is 17.6 Å². The highest BCUT2D eigenvalue weighted by atomic mass is 19.2. The topological polar surface area (TPSA) is 12.9 Å². The van der Waals surface area contributed by atoms with E-state index < -0.39 is 23.3 Å². The number of fused-ring (bicyclic) bond motifs is 1. The Morgan fingerprint density at radius 2 is 1.57 bits per heavy atom. The van der Waals surface area contributed by atoms with E-state index in [0.717, 1.165) is 18.1 Å². The third-order valence-electron chi connectivity index (χ3n) is 4.81. The van der Waals surface area contributed by atoms with E-state index in [0.29, 0.717) is 22.2 Å². The molecule has 5 heteroatoms. The molecule has 0 spiro atoms. The summed E-state index contributed by atoms with van der Waals surface area (Å²) in [5.74, 6) is 1.70. The molecule has 0 amide bonds. The minimum atomic E-state index is -0.944. The summed E-state index contributed by atoms with van der Waals surface area (Å²) < 4.78 is 56.2. The van der Waals surface area contributed by atoms with Crippen molar-refractivity contribution in [3.05, 3.63) is 101 Å². The van der Waals surface area contributed by atoms with Crippen molar-refractivity contribution >= 4 is 10.8 Å². The number of hydrogen-bond donors (Lipinski definition) is 0. The van der Waals surface area contributed by atoms with Gasteiger partial charge in [-0.05, 0) is 53.8 Å². The van der Waals surface area contributed by atoms with E-state index in [1.807, 2.05) is 13.0 Å². The summed E-state index contributed by atoms with van der Waals surface area (Å²) in [4.78, 5) is 4.24. The Labute approximate surface area is 171 Å². The molecule has 0 atom stereocenters. The number of pyridine rings is 1. The van der Waals surface area contributed by atoms with Crippen molar-refractivity contribution in [3.8, 4) is 23.1 Å². The number of aryl methyl sites for hydroxylation is 1. The quantitative estimate of drug-likeness (QED) is 0.277. The summed E-state index contributed by atoms with van der Waals surface area (Å²) in [5, 5.41) is 0.558. The lowest BCUT2D eigenvalue weighted by Gasteiger charge is -2.05. The van der Waals surface area contributed by atoms with Crippen LogP contribution in [0.3, 0.4) is 0 Å². The standard InChI is InChI=1S/C25H15F4N/c1-2-15-5-10-24(30-14-15)18-12-22(27)20(23(28)13-18)8-4-16-3-7-19-17(11-16)6-9-21(26)25(19)29/h3,5-7,9-14H,2H2,1H3. The summed E-state index contributed by atoms with van der Waals surface area (Å²) >= 11 is 0. The van der Waals surface area contributed by atoms with E-state index in [2.05, 4.69) is 16.8 Å². The lowest BCUT2D eigenvalue weighted by atomic mass is 10.0. The minimum Gasteiger partial charge on any atom is -0.256 e. The maximum absolute atomic E-state index is 14.5. The second kappa shape index (κ2) is 8.00. The third-order valence-corrected chi connectivity index (χ3v) is 4.81. The first kappa shape index (κ1) is 19.7. The molecule has 0 fully saturated rings. The Bertz CT molecular complexity index is 1290. The van der Waals surface area contributed by atoms with Gasteiger partial charge in [-0.3, -0.25) is 4.98 Å². The molecule has 4 rings (SSSR count). The lowest BCUT2D eigenvalue weighted by molar-refractivity contribution is 0.517. The van der Waals surface area contributed by atoms with Crippen molar-refractivity contribution in [1.82, 2.24) is 4.98 Å². The molecular weight excluding hydrogens is 390 g/mol. The van der Waals surface area contributed by atoms with E-state index in [1.54, 1.807) is 12.3 Å². The van der Waals surface area contributed by atoms with E-state index in [1.165, 1.54) is 36.4 Å². The molecular formula is C25H15F4N. The average molecular weight is 405 g/mol. The molecule has 0 saturated heterocycles. The monoisotopic (exact) mass is 405 g/mol. The van der Waals surface area contributed by atoms with Crippen LogP contribution < -0.4 is 0 Å². The molecule has 1 aromatic heterocycles. The molecule has 0 saturated carbocycles. The van der Waals surface area contributed by atoms with Crippen molar-refractivity contribution < 1.29 is 17.6 Å². The molecule has 0 aliphatic rings. The van der Waals surface area contributed by atoms with Crippen LogP contribution >= 0.6 is 0 Å². The van der Waals surface area contributed by atoms with Gasteiger partial charge in [-0.1, -0.05) is 37.0 Å². The Morgan fingerprint density at radius 1 is 0.800 bits per heavy atom. The van der Waals surface area contributed by atoms with Gasteiger partial charge in [0.2, 0.25) is 0 Å². The largest absolute Gasteiger partial charge is 0.256 e. The molecule has 0 aliphatic heterocycles. The summed E-state index contributed by atoms with van der Waals surface area (Å²) in [5.41, 5.74) is 1.87. The van der Waals surface area contributed by atoms with Crippen LogP contribution in [-0.2, 0) is 6.42 Å². The Morgan fingerprint density at radius 3 is 2.23 bits per heavy atom. The number of hydrogen-bond acceptors (Lipinski definition) is 1. The molecule has 4 aromatic rings. The van der Waals surface area contributed by atoms with Gasteiger partial charge in [0.15, 0.2) is 11.6 Å². The van der Waals surface area contributed by atoms with Gasteiger partial charge in [0.25, 0.3) is 0 Å². The predicted octanol–water partition coefficient (Wildman–Crippen LogP) is 6.42. The van der Waals surface area contributed by atoms with Crippen LogP contribution in [0, 0.1) is 35.1 Å². The zero-order chi connectivity index (χ0) is 21.3. The molecule has 3 aromatic carbocycles. The van der Waals surface area contributed by atoms with Crippen molar-refractivity contribution in [2.45, 2.75) is 13.3 Å². The van der Waals surface area contributed by atoms with Crippen molar-refractivity contribution in [2.75, 3.05) is 0 Å². The first-order chi connectivity index (χ1) is 14.5. The fourth-order valence-electron chi connectivity index (χ4n) is 3.12. The molecule has 0 aliphatic carbocycles. The van der Waals surface area contributed by atoms with Crippen LogP contribution in [0.25, 0.3) is 22.0 Å². The smallest absolute Gasteiger partial charge is 0.166 e. The van der Waals surface area contributed by atoms with Gasteiger partial charge in [0.05, 0.1) is 11.3 Å². The normalized spacial score (nSPS) is 10.7. The lowest BCUT2D eigenvalue weighted by Crippen LogP contribution is -1.94. The first-order valence-electron chi connectivity index (χ1n) is 9.30. The summed E-state index contributed by atoms with van der Waals surface area (Å²) in [6, 6.07) is 12.8. The molecule has 0 radical (unpaired) electrons. The molecule has 30 heavy (non-hydrogen) atoms. The summed E-state index contributed by atoms with van der Waals surface area (Å²) in [7, 11) is 0. The first-order valence-corrected chi connectivity index (χ1v) is 9.30. The molecule has 148 valence electrons. The zero-order valence-corrected chi connectivity index (χ0v) is 15.9. The number of halogens is 4. The third kappa shape index (κ3) is 3.77. The molecule has 0 unspecified atom stereocenters. The van der Waals surface area contributed by atoms with Gasteiger partial charge < -0.3 is 0 Å². The maximum Gasteiger partial charge on any atom is 0.166 e. The van der Waals surface area contributed by atoms with Gasteiger partial charge in [-0.25, -0.2) is 17.6 Å². The van der Waals surface area contributed by atoms with Crippen molar-refractivity contribution in [2.24, 2.45) is 0 Å². The van der Waals surface area contributed by atoms with Gasteiger partial charge in [-0.15, -0.1) is 0 Å². The van der Waals surface area contributed by atoms with Gasteiger partial charge in [0.1, 0.15) is 11.6 Å². The van der Waals surface area contributed by atoms with E-state index >= 15 is 0 Å². The van der Waals surface area contributed by atoms with E-state index in [-0.39, 0.29) is 10.9 Å². The van der Waals surface area contributed by atoms with Crippen LogP contribution in [0.2, 0.25) is 0 Å². The Kier molecular flexibility index (Phi) is 5.24. The van der Waals surface area contributed by atoms with Crippen LogP contribution in [-0.4, -0.2) is 4.98 Å². The Balaban J connectivity index is 1.68. The number of rotatable bonds is 2. The summed E-state index contributed by atoms with van der Waals surface area (Å²) in [6.07, 6.45) is 2.49. The SMILES string of the molecule is CCc1ccc(-c2cc(F)c(C#Cc3ccc4c(F)c(F)ccc4c3)c(F)c2)nc1. The molecule has 0 bridgehead atoms. The van der Waals surface area contributed by atoms with Crippen LogP contribution in [0.15, 0.2) is 60.8 Å². The second-order valence-electron chi connectivity index (χ2n) is 6.77. The van der Waals surface area contributed by atoms with Crippen LogP contribution in [0.1, 0.15) is 23.6 Å². The van der Waals surface area contributed by atoms with Gasteiger partial charge in [0, 0.05) is 22.7 Å². The highest BCUT2D eigenvalue weighted by molar-refractivity contribution is 5.84. The number of aromatic nitrogens is 1. The van der Waals surface area contributed by atoms with Gasteiger partial charge in [-0.2, -0.15) is 0 Å². The molecule has 0 N–H and O–H groups in total. The van der Waals surface area contributed by atoms with Crippen molar-refractivity contribution in [3.63, 3.8) is 0 Å². The molecule has 1 heterocycles. The predicted molar refractivity (Wildman–Crippen MR) is 109 cm³/mol. The van der Waals surface area contributed by atoms with Crippen molar-refractivity contribution in [1.29, 1.82) is 0 Å². The summed E-state index contributed by atoms with van der Waals surface area (Å²) in [6.45, 7) is 1.99. The van der Waals surface area contributed by atoms with Crippen LogP contribution in [0.4, 0.5) is 17.6 Å². The second-order valence-corrected chi connectivity index (χ2v) is 6.77. The van der Waals surface area contributed by atoms with E-state index in [4.69, 9.17) is 0 Å². The number of nitrogens with zero attached hydrogens (tertiary/aromatic N) is 1. The van der Waals surface area contributed by atoms with Gasteiger partial charge >= 0.3 is 0 Å².